The number of hydrogen-bond donors (Lipinski definition) is 0. The lowest BCUT2D eigenvalue weighted by Gasteiger charge is -2.09. The molecule has 0 spiro atoms. The highest BCUT2D eigenvalue weighted by atomic mass is 35.5. The number of aromatic nitrogens is 1. The van der Waals surface area contributed by atoms with Crippen LogP contribution in [0.25, 0.3) is 11.5 Å². The molecule has 0 atom stereocenters. The molecule has 0 fully saturated rings. The van der Waals surface area contributed by atoms with Crippen molar-refractivity contribution in [2.45, 2.75) is 5.88 Å². The van der Waals surface area contributed by atoms with E-state index in [2.05, 4.69) is 4.98 Å². The predicted octanol–water partition coefficient (Wildman–Crippen LogP) is 3.10. The first-order valence-corrected chi connectivity index (χ1v) is 5.55. The number of ether oxygens (including phenoxy) is 2. The van der Waals surface area contributed by atoms with Crippen LogP contribution in [0.15, 0.2) is 28.9 Å². The first-order chi connectivity index (χ1) is 8.30. The second kappa shape index (κ2) is 5.10. The Labute approximate surface area is 104 Å². The van der Waals surface area contributed by atoms with E-state index < -0.39 is 0 Å². The van der Waals surface area contributed by atoms with E-state index in [-0.39, 0.29) is 0 Å². The van der Waals surface area contributed by atoms with Gasteiger partial charge in [-0.05, 0) is 12.1 Å². The summed E-state index contributed by atoms with van der Waals surface area (Å²) in [5.74, 6) is 2.04. The molecule has 0 saturated heterocycles. The van der Waals surface area contributed by atoms with Gasteiger partial charge in [-0.25, -0.2) is 4.98 Å². The molecule has 0 N–H and O–H groups in total. The van der Waals surface area contributed by atoms with Gasteiger partial charge in [-0.3, -0.25) is 0 Å². The van der Waals surface area contributed by atoms with Gasteiger partial charge < -0.3 is 13.9 Å². The number of benzene rings is 1. The Hall–Kier alpha value is -1.68. The minimum absolute atomic E-state index is 0.307. The van der Waals surface area contributed by atoms with Crippen LogP contribution in [0.5, 0.6) is 11.5 Å². The molecular formula is C12H12ClNO3. The minimum Gasteiger partial charge on any atom is -0.496 e. The summed E-state index contributed by atoms with van der Waals surface area (Å²) in [6, 6.07) is 5.48. The highest BCUT2D eigenvalue weighted by Gasteiger charge is 2.17. The fourth-order valence-corrected chi connectivity index (χ4v) is 1.67. The molecule has 5 heteroatoms. The molecule has 4 nitrogen and oxygen atoms in total. The summed E-state index contributed by atoms with van der Waals surface area (Å²) in [7, 11) is 3.17. The summed E-state index contributed by atoms with van der Waals surface area (Å²) >= 11 is 5.69. The molecule has 0 amide bonds. The van der Waals surface area contributed by atoms with Crippen LogP contribution in [-0.4, -0.2) is 19.2 Å². The smallest absolute Gasteiger partial charge is 0.233 e. The molecule has 0 bridgehead atoms. The van der Waals surface area contributed by atoms with Crippen LogP contribution < -0.4 is 9.47 Å². The van der Waals surface area contributed by atoms with Gasteiger partial charge in [0.15, 0.2) is 0 Å². The standard InChI is InChI=1S/C12H12ClNO3/c1-15-9-4-3-5-10(16-2)11(9)12-14-8(6-13)7-17-12/h3-5,7H,6H2,1-2H3. The fourth-order valence-electron chi connectivity index (χ4n) is 1.55. The number of halogens is 1. The second-order valence-corrected chi connectivity index (χ2v) is 3.58. The van der Waals surface area contributed by atoms with Gasteiger partial charge in [0.1, 0.15) is 23.3 Å². The van der Waals surface area contributed by atoms with Crippen molar-refractivity contribution < 1.29 is 13.9 Å². The molecule has 1 aromatic carbocycles. The number of methoxy groups -OCH3 is 2. The van der Waals surface area contributed by atoms with E-state index in [0.29, 0.717) is 34.5 Å². The molecule has 0 saturated carbocycles. The van der Waals surface area contributed by atoms with Crippen LogP contribution in [0.2, 0.25) is 0 Å². The molecule has 0 aliphatic heterocycles. The summed E-state index contributed by atoms with van der Waals surface area (Å²) < 4.78 is 15.9. The molecule has 17 heavy (non-hydrogen) atoms. The van der Waals surface area contributed by atoms with Crippen LogP contribution in [0.4, 0.5) is 0 Å². The van der Waals surface area contributed by atoms with E-state index in [9.17, 15) is 0 Å². The zero-order valence-electron chi connectivity index (χ0n) is 9.57. The number of nitrogens with zero attached hydrogens (tertiary/aromatic N) is 1. The number of hydrogen-bond acceptors (Lipinski definition) is 4. The maximum absolute atomic E-state index is 5.69. The average Bonchev–Trinajstić information content (AvgIpc) is 2.86. The van der Waals surface area contributed by atoms with Crippen molar-refractivity contribution in [2.75, 3.05) is 14.2 Å². The van der Waals surface area contributed by atoms with Gasteiger partial charge in [-0.15, -0.1) is 11.6 Å². The van der Waals surface area contributed by atoms with E-state index >= 15 is 0 Å². The summed E-state index contributed by atoms with van der Waals surface area (Å²) in [5.41, 5.74) is 1.36. The largest absolute Gasteiger partial charge is 0.496 e. The Morgan fingerprint density at radius 3 is 2.35 bits per heavy atom. The monoisotopic (exact) mass is 253 g/mol. The van der Waals surface area contributed by atoms with Gasteiger partial charge in [0.2, 0.25) is 5.89 Å². The predicted molar refractivity (Wildman–Crippen MR) is 64.6 cm³/mol. The summed E-state index contributed by atoms with van der Waals surface area (Å²) in [6.45, 7) is 0. The normalized spacial score (nSPS) is 10.3. The molecule has 0 aliphatic rings. The van der Waals surface area contributed by atoms with Gasteiger partial charge in [-0.1, -0.05) is 6.07 Å². The lowest BCUT2D eigenvalue weighted by atomic mass is 10.1. The topological polar surface area (TPSA) is 44.5 Å². The van der Waals surface area contributed by atoms with Crippen LogP contribution in [0.3, 0.4) is 0 Å². The highest BCUT2D eigenvalue weighted by molar-refractivity contribution is 6.16. The van der Waals surface area contributed by atoms with E-state index in [1.54, 1.807) is 14.2 Å². The summed E-state index contributed by atoms with van der Waals surface area (Å²) in [5, 5.41) is 0. The fraction of sp³-hybridized carbons (Fsp3) is 0.250. The molecule has 1 aromatic heterocycles. The highest BCUT2D eigenvalue weighted by Crippen LogP contribution is 2.37. The Morgan fingerprint density at radius 2 is 1.88 bits per heavy atom. The number of alkyl halides is 1. The quantitative estimate of drug-likeness (QED) is 0.786. The first kappa shape index (κ1) is 11.8. The van der Waals surface area contributed by atoms with Crippen molar-refractivity contribution in [3.63, 3.8) is 0 Å². The SMILES string of the molecule is COc1cccc(OC)c1-c1nc(CCl)co1. The third kappa shape index (κ3) is 2.22. The second-order valence-electron chi connectivity index (χ2n) is 3.32. The minimum atomic E-state index is 0.307. The van der Waals surface area contributed by atoms with Crippen molar-refractivity contribution in [2.24, 2.45) is 0 Å². The van der Waals surface area contributed by atoms with E-state index in [1.165, 1.54) is 6.26 Å². The van der Waals surface area contributed by atoms with Crippen LogP contribution in [-0.2, 0) is 5.88 Å². The molecule has 0 aliphatic carbocycles. The van der Waals surface area contributed by atoms with Crippen molar-refractivity contribution >= 4 is 11.6 Å². The molecule has 90 valence electrons. The van der Waals surface area contributed by atoms with E-state index in [4.69, 9.17) is 25.5 Å². The molecule has 2 rings (SSSR count). The van der Waals surface area contributed by atoms with Gasteiger partial charge in [0.05, 0.1) is 25.8 Å². The average molecular weight is 254 g/mol. The van der Waals surface area contributed by atoms with E-state index in [1.807, 2.05) is 18.2 Å². The van der Waals surface area contributed by atoms with Crippen LogP contribution >= 0.6 is 11.6 Å². The molecule has 0 unspecified atom stereocenters. The van der Waals surface area contributed by atoms with Crippen molar-refractivity contribution in [3.8, 4) is 23.0 Å². The number of oxazole rings is 1. The van der Waals surface area contributed by atoms with Gasteiger partial charge in [0.25, 0.3) is 0 Å². The van der Waals surface area contributed by atoms with Gasteiger partial charge in [0, 0.05) is 0 Å². The maximum atomic E-state index is 5.69. The zero-order valence-corrected chi connectivity index (χ0v) is 10.3. The Balaban J connectivity index is 2.55. The van der Waals surface area contributed by atoms with E-state index in [0.717, 1.165) is 0 Å². The summed E-state index contributed by atoms with van der Waals surface area (Å²) in [4.78, 5) is 4.26. The molecule has 1 heterocycles. The molecule has 2 aromatic rings. The first-order valence-electron chi connectivity index (χ1n) is 5.02. The third-order valence-electron chi connectivity index (χ3n) is 2.33. The Bertz CT molecular complexity index is 488. The van der Waals surface area contributed by atoms with Gasteiger partial charge >= 0.3 is 0 Å². The van der Waals surface area contributed by atoms with Crippen molar-refractivity contribution in [3.05, 3.63) is 30.2 Å². The van der Waals surface area contributed by atoms with Gasteiger partial charge in [-0.2, -0.15) is 0 Å². The Morgan fingerprint density at radius 1 is 1.24 bits per heavy atom. The number of rotatable bonds is 4. The van der Waals surface area contributed by atoms with Crippen LogP contribution in [0.1, 0.15) is 5.69 Å². The van der Waals surface area contributed by atoms with Crippen molar-refractivity contribution in [1.29, 1.82) is 0 Å². The molecular weight excluding hydrogens is 242 g/mol. The Kier molecular flexibility index (Phi) is 3.54. The maximum Gasteiger partial charge on any atom is 0.233 e. The lowest BCUT2D eigenvalue weighted by molar-refractivity contribution is 0.394. The summed E-state index contributed by atoms with van der Waals surface area (Å²) in [6.07, 6.45) is 1.52. The van der Waals surface area contributed by atoms with Crippen LogP contribution in [0, 0.1) is 0 Å². The van der Waals surface area contributed by atoms with Crippen molar-refractivity contribution in [1.82, 2.24) is 4.98 Å². The zero-order chi connectivity index (χ0) is 12.3. The molecule has 0 radical (unpaired) electrons. The lowest BCUT2D eigenvalue weighted by Crippen LogP contribution is -1.93. The third-order valence-corrected chi connectivity index (χ3v) is 2.60.